The van der Waals surface area contributed by atoms with Crippen molar-refractivity contribution in [3.05, 3.63) is 20.8 Å². The van der Waals surface area contributed by atoms with Crippen LogP contribution in [0.4, 0.5) is 0 Å². The van der Waals surface area contributed by atoms with Crippen molar-refractivity contribution in [1.82, 2.24) is 24.4 Å². The molecule has 1 amide bonds. The second-order valence-electron chi connectivity index (χ2n) is 6.02. The predicted molar refractivity (Wildman–Crippen MR) is 89.8 cm³/mol. The highest BCUT2D eigenvalue weighted by atomic mass is 32.2. The lowest BCUT2D eigenvalue weighted by molar-refractivity contribution is -0.120. The van der Waals surface area contributed by atoms with E-state index < -0.39 is 11.2 Å². The zero-order valence-corrected chi connectivity index (χ0v) is 14.7. The monoisotopic (exact) mass is 339 g/mol. The zero-order chi connectivity index (χ0) is 17.4. The number of imidazole rings is 1. The van der Waals surface area contributed by atoms with Gasteiger partial charge in [-0.2, -0.15) is 0 Å². The maximum Gasteiger partial charge on any atom is 0.332 e. The summed E-state index contributed by atoms with van der Waals surface area (Å²) < 4.78 is 2.32. The van der Waals surface area contributed by atoms with E-state index in [1.54, 1.807) is 7.05 Å². The quantitative estimate of drug-likeness (QED) is 0.766. The topological polar surface area (TPSA) is 102 Å². The van der Waals surface area contributed by atoms with Gasteiger partial charge >= 0.3 is 5.69 Å². The minimum absolute atomic E-state index is 0.107. The molecule has 0 bridgehead atoms. The van der Waals surface area contributed by atoms with Gasteiger partial charge in [0, 0.05) is 19.6 Å². The highest BCUT2D eigenvalue weighted by molar-refractivity contribution is 7.99. The van der Waals surface area contributed by atoms with Crippen molar-refractivity contribution in [3.8, 4) is 0 Å². The molecule has 2 rings (SSSR count). The smallest absolute Gasteiger partial charge is 0.332 e. The third kappa shape index (κ3) is 3.49. The number of carbonyl (C=O) groups is 1. The number of aryl methyl sites for hydroxylation is 1. The van der Waals surface area contributed by atoms with Gasteiger partial charge in [-0.1, -0.05) is 18.7 Å². The van der Waals surface area contributed by atoms with Crippen LogP contribution in [0.2, 0.25) is 0 Å². The Kier molecular flexibility index (Phi) is 4.69. The number of carbonyl (C=O) groups excluding carboxylic acids is 1. The first kappa shape index (κ1) is 17.3. The van der Waals surface area contributed by atoms with Crippen LogP contribution in [0.1, 0.15) is 27.2 Å². The SMILES string of the molecule is CCC(C)(C)NC(=O)CSc1nc2c([nH]1)c(=O)n(C)c(=O)n2C. The molecule has 9 heteroatoms. The summed E-state index contributed by atoms with van der Waals surface area (Å²) in [6.07, 6.45) is 0.826. The first-order chi connectivity index (χ1) is 10.7. The summed E-state index contributed by atoms with van der Waals surface area (Å²) in [5.74, 6) is 0.0708. The largest absolute Gasteiger partial charge is 0.351 e. The molecule has 126 valence electrons. The van der Waals surface area contributed by atoms with Crippen LogP contribution >= 0.6 is 11.8 Å². The maximum absolute atomic E-state index is 12.1. The van der Waals surface area contributed by atoms with E-state index in [-0.39, 0.29) is 28.4 Å². The molecule has 8 nitrogen and oxygen atoms in total. The molecule has 23 heavy (non-hydrogen) atoms. The van der Waals surface area contributed by atoms with Crippen molar-refractivity contribution in [2.24, 2.45) is 14.1 Å². The van der Waals surface area contributed by atoms with Crippen molar-refractivity contribution in [1.29, 1.82) is 0 Å². The third-order valence-electron chi connectivity index (χ3n) is 3.77. The Balaban J connectivity index is 2.22. The molecule has 0 aromatic carbocycles. The number of fused-ring (bicyclic) bond motifs is 1. The second kappa shape index (κ2) is 6.23. The third-order valence-corrected chi connectivity index (χ3v) is 4.65. The lowest BCUT2D eigenvalue weighted by Gasteiger charge is -2.24. The minimum Gasteiger partial charge on any atom is -0.351 e. The molecule has 0 aliphatic carbocycles. The van der Waals surface area contributed by atoms with Gasteiger partial charge < -0.3 is 10.3 Å². The van der Waals surface area contributed by atoms with E-state index in [9.17, 15) is 14.4 Å². The van der Waals surface area contributed by atoms with Crippen molar-refractivity contribution in [2.75, 3.05) is 5.75 Å². The van der Waals surface area contributed by atoms with Gasteiger partial charge in [-0.25, -0.2) is 9.78 Å². The van der Waals surface area contributed by atoms with Gasteiger partial charge in [-0.3, -0.25) is 18.7 Å². The molecule has 2 aromatic heterocycles. The Labute approximate surface area is 137 Å². The molecule has 0 spiro atoms. The Hall–Kier alpha value is -2.03. The van der Waals surface area contributed by atoms with Crippen LogP contribution in [0.15, 0.2) is 14.7 Å². The Morgan fingerprint density at radius 2 is 1.96 bits per heavy atom. The van der Waals surface area contributed by atoms with E-state index in [2.05, 4.69) is 15.3 Å². The highest BCUT2D eigenvalue weighted by Crippen LogP contribution is 2.17. The van der Waals surface area contributed by atoms with Gasteiger partial charge in [0.25, 0.3) is 5.56 Å². The summed E-state index contributed by atoms with van der Waals surface area (Å²) in [6, 6.07) is 0. The van der Waals surface area contributed by atoms with Crippen LogP contribution in [0.3, 0.4) is 0 Å². The van der Waals surface area contributed by atoms with E-state index in [0.29, 0.717) is 5.16 Å². The molecule has 0 saturated carbocycles. The van der Waals surface area contributed by atoms with E-state index in [1.165, 1.54) is 23.4 Å². The average Bonchev–Trinajstić information content (AvgIpc) is 2.93. The molecule has 2 aromatic rings. The van der Waals surface area contributed by atoms with Crippen LogP contribution < -0.4 is 16.6 Å². The number of aromatic nitrogens is 4. The summed E-state index contributed by atoms with van der Waals surface area (Å²) in [5.41, 5.74) is -0.584. The first-order valence-electron chi connectivity index (χ1n) is 7.26. The number of nitrogens with one attached hydrogen (secondary N) is 2. The summed E-state index contributed by atoms with van der Waals surface area (Å²) in [6.45, 7) is 5.91. The van der Waals surface area contributed by atoms with Crippen LogP contribution in [0.25, 0.3) is 11.2 Å². The molecule has 0 radical (unpaired) electrons. The van der Waals surface area contributed by atoms with Crippen LogP contribution in [0, 0.1) is 0 Å². The molecule has 0 atom stereocenters. The first-order valence-corrected chi connectivity index (χ1v) is 8.24. The number of hydrogen-bond acceptors (Lipinski definition) is 5. The number of aromatic amines is 1. The predicted octanol–water partition coefficient (Wildman–Crippen LogP) is 0.357. The number of thioether (sulfide) groups is 1. The number of amides is 1. The summed E-state index contributed by atoms with van der Waals surface area (Å²) >= 11 is 1.19. The average molecular weight is 339 g/mol. The van der Waals surface area contributed by atoms with Crippen molar-refractivity contribution in [2.45, 2.75) is 37.9 Å². The fourth-order valence-corrected chi connectivity index (χ4v) is 2.67. The fraction of sp³-hybridized carbons (Fsp3) is 0.571. The Bertz CT molecular complexity index is 862. The van der Waals surface area contributed by atoms with Gasteiger partial charge in [0.15, 0.2) is 16.3 Å². The summed E-state index contributed by atoms with van der Waals surface area (Å²) in [4.78, 5) is 43.0. The van der Waals surface area contributed by atoms with Gasteiger partial charge in [-0.05, 0) is 20.3 Å². The maximum atomic E-state index is 12.1. The number of rotatable bonds is 5. The van der Waals surface area contributed by atoms with E-state index in [1.807, 2.05) is 20.8 Å². The summed E-state index contributed by atoms with van der Waals surface area (Å²) in [5, 5.41) is 3.36. The van der Waals surface area contributed by atoms with Gasteiger partial charge in [0.1, 0.15) is 0 Å². The Morgan fingerprint density at radius 3 is 2.57 bits per heavy atom. The summed E-state index contributed by atoms with van der Waals surface area (Å²) in [7, 11) is 2.97. The van der Waals surface area contributed by atoms with Crippen molar-refractivity contribution in [3.63, 3.8) is 0 Å². The molecule has 0 unspecified atom stereocenters. The van der Waals surface area contributed by atoms with Gasteiger partial charge in [0.2, 0.25) is 5.91 Å². The van der Waals surface area contributed by atoms with E-state index >= 15 is 0 Å². The van der Waals surface area contributed by atoms with Crippen LogP contribution in [0.5, 0.6) is 0 Å². The molecule has 2 heterocycles. The molecule has 0 aliphatic heterocycles. The lowest BCUT2D eigenvalue weighted by atomic mass is 10.0. The molecular weight excluding hydrogens is 318 g/mol. The van der Waals surface area contributed by atoms with Crippen molar-refractivity contribution >= 4 is 28.8 Å². The number of hydrogen-bond donors (Lipinski definition) is 2. The highest BCUT2D eigenvalue weighted by Gasteiger charge is 2.19. The van der Waals surface area contributed by atoms with Crippen molar-refractivity contribution < 1.29 is 4.79 Å². The number of H-pyrrole nitrogens is 1. The molecule has 0 fully saturated rings. The van der Waals surface area contributed by atoms with Gasteiger partial charge in [-0.15, -0.1) is 0 Å². The second-order valence-corrected chi connectivity index (χ2v) is 6.98. The lowest BCUT2D eigenvalue weighted by Crippen LogP contribution is -2.43. The molecule has 0 saturated heterocycles. The number of nitrogens with zero attached hydrogens (tertiary/aromatic N) is 3. The van der Waals surface area contributed by atoms with E-state index in [4.69, 9.17) is 0 Å². The standard InChI is InChI=1S/C14H21N5O3S/c1-6-14(2,3)17-8(20)7-23-12-15-9-10(16-12)18(4)13(22)19(5)11(9)21/h6-7H2,1-5H3,(H,15,16)(H,17,20). The minimum atomic E-state index is -0.437. The molecule has 2 N–H and O–H groups in total. The van der Waals surface area contributed by atoms with E-state index in [0.717, 1.165) is 11.0 Å². The van der Waals surface area contributed by atoms with Crippen LogP contribution in [-0.2, 0) is 18.9 Å². The molecule has 0 aliphatic rings. The molecular formula is C14H21N5O3S. The fourth-order valence-electron chi connectivity index (χ4n) is 2.01. The zero-order valence-electron chi connectivity index (χ0n) is 13.9. The Morgan fingerprint density at radius 1 is 1.30 bits per heavy atom. The normalized spacial score (nSPS) is 11.9. The van der Waals surface area contributed by atoms with Gasteiger partial charge in [0.05, 0.1) is 5.75 Å². The van der Waals surface area contributed by atoms with Crippen LogP contribution in [-0.4, -0.2) is 36.3 Å².